The zero-order valence-electron chi connectivity index (χ0n) is 13.4. The maximum Gasteiger partial charge on any atom is 0.259 e. The number of benzene rings is 2. The number of nitrogens with zero attached hydrogens (tertiary/aromatic N) is 1. The van der Waals surface area contributed by atoms with Crippen LogP contribution in [0.15, 0.2) is 73.1 Å². The highest BCUT2D eigenvalue weighted by molar-refractivity contribution is 6.06. The molecule has 1 N–H and O–H groups in total. The molecule has 1 aromatic heterocycles. The number of hydrogen-bond acceptors (Lipinski definition) is 3. The highest BCUT2D eigenvalue weighted by atomic mass is 16.5. The first-order valence-electron chi connectivity index (χ1n) is 7.71. The highest BCUT2D eigenvalue weighted by Gasteiger charge is 2.13. The summed E-state index contributed by atoms with van der Waals surface area (Å²) >= 11 is 0. The van der Waals surface area contributed by atoms with Crippen LogP contribution in [0, 0.1) is 6.92 Å². The molecule has 24 heavy (non-hydrogen) atoms. The van der Waals surface area contributed by atoms with Crippen LogP contribution >= 0.6 is 0 Å². The number of ether oxygens (including phenoxy) is 1. The number of carbonyl (C=O) groups excluding carboxylic acids is 1. The summed E-state index contributed by atoms with van der Waals surface area (Å²) in [6, 6.07) is 19.0. The molecule has 4 nitrogen and oxygen atoms in total. The van der Waals surface area contributed by atoms with Crippen molar-refractivity contribution < 1.29 is 9.53 Å². The number of hydrogen-bond donors (Lipinski definition) is 1. The fourth-order valence-corrected chi connectivity index (χ4v) is 2.32. The summed E-state index contributed by atoms with van der Waals surface area (Å²) in [5.41, 5.74) is 3.21. The van der Waals surface area contributed by atoms with Crippen molar-refractivity contribution in [3.8, 4) is 5.75 Å². The molecular formula is C20H18N2O2. The van der Waals surface area contributed by atoms with E-state index < -0.39 is 0 Å². The molecule has 1 amide bonds. The van der Waals surface area contributed by atoms with Gasteiger partial charge in [-0.3, -0.25) is 9.78 Å². The monoisotopic (exact) mass is 318 g/mol. The van der Waals surface area contributed by atoms with Crippen LogP contribution in [0.2, 0.25) is 0 Å². The molecule has 0 aliphatic rings. The lowest BCUT2D eigenvalue weighted by molar-refractivity contribution is 0.102. The third-order valence-corrected chi connectivity index (χ3v) is 3.54. The van der Waals surface area contributed by atoms with Gasteiger partial charge < -0.3 is 10.1 Å². The second kappa shape index (κ2) is 7.42. The quantitative estimate of drug-likeness (QED) is 0.766. The second-order valence-electron chi connectivity index (χ2n) is 5.47. The van der Waals surface area contributed by atoms with E-state index in [0.29, 0.717) is 23.6 Å². The number of carbonyl (C=O) groups is 1. The average Bonchev–Trinajstić information content (AvgIpc) is 2.62. The molecule has 3 rings (SSSR count). The first-order valence-corrected chi connectivity index (χ1v) is 7.71. The first kappa shape index (κ1) is 15.7. The Balaban J connectivity index is 1.79. The Hall–Kier alpha value is -3.14. The first-order chi connectivity index (χ1) is 11.7. The van der Waals surface area contributed by atoms with Gasteiger partial charge in [0.15, 0.2) is 0 Å². The molecule has 0 atom stereocenters. The standard InChI is InChI=1S/C20H18N2O2/c1-15-9-10-19(24-14-16-6-3-2-4-7-16)18(12-15)20(23)22-17-8-5-11-21-13-17/h2-13H,14H2,1H3,(H,22,23). The van der Waals surface area contributed by atoms with Gasteiger partial charge in [-0.05, 0) is 36.8 Å². The molecular weight excluding hydrogens is 300 g/mol. The Kier molecular flexibility index (Phi) is 4.87. The summed E-state index contributed by atoms with van der Waals surface area (Å²) in [4.78, 5) is 16.6. The summed E-state index contributed by atoms with van der Waals surface area (Å²) < 4.78 is 5.86. The largest absolute Gasteiger partial charge is 0.488 e. The molecule has 0 spiro atoms. The van der Waals surface area contributed by atoms with Crippen LogP contribution in [-0.4, -0.2) is 10.9 Å². The molecule has 0 radical (unpaired) electrons. The molecule has 0 bridgehead atoms. The van der Waals surface area contributed by atoms with E-state index in [2.05, 4.69) is 10.3 Å². The van der Waals surface area contributed by atoms with Crippen LogP contribution in [-0.2, 0) is 6.61 Å². The third kappa shape index (κ3) is 3.98. The van der Waals surface area contributed by atoms with Crippen LogP contribution in [0.3, 0.4) is 0 Å². The van der Waals surface area contributed by atoms with Gasteiger partial charge in [0.1, 0.15) is 12.4 Å². The number of aromatic nitrogens is 1. The number of aryl methyl sites for hydroxylation is 1. The number of pyridine rings is 1. The van der Waals surface area contributed by atoms with E-state index in [4.69, 9.17) is 4.74 Å². The highest BCUT2D eigenvalue weighted by Crippen LogP contribution is 2.22. The molecule has 2 aromatic carbocycles. The minimum Gasteiger partial charge on any atom is -0.488 e. The van der Waals surface area contributed by atoms with E-state index in [1.165, 1.54) is 0 Å². The predicted molar refractivity (Wildman–Crippen MR) is 94.1 cm³/mol. The molecule has 0 aliphatic carbocycles. The smallest absolute Gasteiger partial charge is 0.259 e. The van der Waals surface area contributed by atoms with Crippen molar-refractivity contribution in [3.05, 3.63) is 89.7 Å². The number of rotatable bonds is 5. The summed E-state index contributed by atoms with van der Waals surface area (Å²) in [7, 11) is 0. The van der Waals surface area contributed by atoms with Gasteiger partial charge in [-0.2, -0.15) is 0 Å². The van der Waals surface area contributed by atoms with Crippen LogP contribution in [0.5, 0.6) is 5.75 Å². The van der Waals surface area contributed by atoms with Crippen molar-refractivity contribution in [2.45, 2.75) is 13.5 Å². The molecule has 1 heterocycles. The van der Waals surface area contributed by atoms with Crippen molar-refractivity contribution in [2.75, 3.05) is 5.32 Å². The summed E-state index contributed by atoms with van der Waals surface area (Å²) in [6.45, 7) is 2.36. The number of amides is 1. The van der Waals surface area contributed by atoms with Gasteiger partial charge in [-0.25, -0.2) is 0 Å². The van der Waals surface area contributed by atoms with Gasteiger partial charge in [0.25, 0.3) is 5.91 Å². The van der Waals surface area contributed by atoms with Crippen molar-refractivity contribution in [1.29, 1.82) is 0 Å². The molecule has 4 heteroatoms. The molecule has 120 valence electrons. The SMILES string of the molecule is Cc1ccc(OCc2ccccc2)c(C(=O)Nc2cccnc2)c1. The maximum atomic E-state index is 12.6. The van der Waals surface area contributed by atoms with E-state index in [0.717, 1.165) is 11.1 Å². The van der Waals surface area contributed by atoms with Crippen LogP contribution in [0.1, 0.15) is 21.5 Å². The van der Waals surface area contributed by atoms with E-state index in [9.17, 15) is 4.79 Å². The number of nitrogens with one attached hydrogen (secondary N) is 1. The molecule has 0 saturated heterocycles. The molecule has 0 saturated carbocycles. The average molecular weight is 318 g/mol. The fraction of sp³-hybridized carbons (Fsp3) is 0.100. The Morgan fingerprint density at radius 1 is 1.08 bits per heavy atom. The zero-order chi connectivity index (χ0) is 16.8. The molecule has 3 aromatic rings. The maximum absolute atomic E-state index is 12.6. The number of anilines is 1. The van der Waals surface area contributed by atoms with E-state index >= 15 is 0 Å². The van der Waals surface area contributed by atoms with Gasteiger partial charge in [0.2, 0.25) is 0 Å². The topological polar surface area (TPSA) is 51.2 Å². The Morgan fingerprint density at radius 3 is 2.67 bits per heavy atom. The summed E-state index contributed by atoms with van der Waals surface area (Å²) in [6.07, 6.45) is 3.27. The normalized spacial score (nSPS) is 10.2. The van der Waals surface area contributed by atoms with Gasteiger partial charge in [0, 0.05) is 6.20 Å². The van der Waals surface area contributed by atoms with Gasteiger partial charge in [-0.1, -0.05) is 42.0 Å². The van der Waals surface area contributed by atoms with Crippen molar-refractivity contribution in [1.82, 2.24) is 4.98 Å². The molecule has 0 unspecified atom stereocenters. The predicted octanol–water partition coefficient (Wildman–Crippen LogP) is 4.22. The minimum absolute atomic E-state index is 0.213. The van der Waals surface area contributed by atoms with Gasteiger partial charge in [0.05, 0.1) is 17.4 Å². The Labute approximate surface area is 141 Å². The fourth-order valence-electron chi connectivity index (χ4n) is 2.32. The lowest BCUT2D eigenvalue weighted by Crippen LogP contribution is -2.14. The summed E-state index contributed by atoms with van der Waals surface area (Å²) in [5, 5.41) is 2.84. The van der Waals surface area contributed by atoms with Crippen LogP contribution < -0.4 is 10.1 Å². The second-order valence-corrected chi connectivity index (χ2v) is 5.47. The minimum atomic E-state index is -0.213. The van der Waals surface area contributed by atoms with Crippen LogP contribution in [0.25, 0.3) is 0 Å². The van der Waals surface area contributed by atoms with Gasteiger partial charge >= 0.3 is 0 Å². The zero-order valence-corrected chi connectivity index (χ0v) is 13.4. The Morgan fingerprint density at radius 2 is 1.92 bits per heavy atom. The van der Waals surface area contributed by atoms with E-state index in [1.807, 2.05) is 55.5 Å². The third-order valence-electron chi connectivity index (χ3n) is 3.54. The van der Waals surface area contributed by atoms with Crippen molar-refractivity contribution in [3.63, 3.8) is 0 Å². The molecule has 0 aliphatic heterocycles. The summed E-state index contributed by atoms with van der Waals surface area (Å²) in [5.74, 6) is 0.348. The van der Waals surface area contributed by atoms with E-state index in [1.54, 1.807) is 24.5 Å². The van der Waals surface area contributed by atoms with E-state index in [-0.39, 0.29) is 5.91 Å². The molecule has 0 fully saturated rings. The lowest BCUT2D eigenvalue weighted by atomic mass is 10.1. The van der Waals surface area contributed by atoms with Crippen molar-refractivity contribution in [2.24, 2.45) is 0 Å². The lowest BCUT2D eigenvalue weighted by Gasteiger charge is -2.12. The van der Waals surface area contributed by atoms with Crippen molar-refractivity contribution >= 4 is 11.6 Å². The van der Waals surface area contributed by atoms with Gasteiger partial charge in [-0.15, -0.1) is 0 Å². The Bertz CT molecular complexity index is 818. The van der Waals surface area contributed by atoms with Crippen LogP contribution in [0.4, 0.5) is 5.69 Å².